The van der Waals surface area contributed by atoms with Gasteiger partial charge < -0.3 is 10.1 Å². The Morgan fingerprint density at radius 2 is 2.00 bits per heavy atom. The number of rotatable bonds is 8. The van der Waals surface area contributed by atoms with Gasteiger partial charge in [0.05, 0.1) is 22.7 Å². The minimum atomic E-state index is -0.523. The van der Waals surface area contributed by atoms with Crippen LogP contribution in [0.2, 0.25) is 0 Å². The van der Waals surface area contributed by atoms with Crippen molar-refractivity contribution in [2.75, 3.05) is 31.5 Å². The normalized spacial score (nSPS) is 21.1. The minimum absolute atomic E-state index is 0.145. The molecule has 0 saturated carbocycles. The molecular weight excluding hydrogens is 322 g/mol. The molecule has 7 nitrogen and oxygen atoms in total. The summed E-state index contributed by atoms with van der Waals surface area (Å²) in [6, 6.07) is 4.59. The van der Waals surface area contributed by atoms with E-state index in [0.717, 1.165) is 44.7 Å². The molecule has 1 aromatic carbocycles. The van der Waals surface area contributed by atoms with Crippen LogP contribution in [0.3, 0.4) is 0 Å². The fourth-order valence-corrected chi connectivity index (χ4v) is 3.25. The lowest BCUT2D eigenvalue weighted by Gasteiger charge is -2.35. The highest BCUT2D eigenvalue weighted by atomic mass is 16.6. The molecule has 25 heavy (non-hydrogen) atoms. The van der Waals surface area contributed by atoms with Crippen molar-refractivity contribution >= 4 is 17.2 Å². The summed E-state index contributed by atoms with van der Waals surface area (Å²) < 4.78 is 5.73. The Kier molecular flexibility index (Phi) is 6.90. The summed E-state index contributed by atoms with van der Waals surface area (Å²) in [5.41, 5.74) is 0.740. The van der Waals surface area contributed by atoms with Crippen LogP contribution in [0.15, 0.2) is 18.2 Å². The van der Waals surface area contributed by atoms with E-state index in [1.807, 2.05) is 0 Å². The molecule has 1 fully saturated rings. The van der Waals surface area contributed by atoms with E-state index in [9.17, 15) is 14.9 Å². The van der Waals surface area contributed by atoms with Gasteiger partial charge in [-0.25, -0.2) is 0 Å². The predicted octanol–water partition coefficient (Wildman–Crippen LogP) is 3.10. The van der Waals surface area contributed by atoms with Crippen molar-refractivity contribution < 1.29 is 14.5 Å². The first-order valence-corrected chi connectivity index (χ1v) is 8.78. The third kappa shape index (κ3) is 5.79. The predicted molar refractivity (Wildman–Crippen MR) is 97.3 cm³/mol. The number of nitrogens with zero attached hydrogens (tertiary/aromatic N) is 2. The van der Waals surface area contributed by atoms with Gasteiger partial charge in [-0.15, -0.1) is 0 Å². The van der Waals surface area contributed by atoms with Crippen molar-refractivity contribution in [3.05, 3.63) is 33.9 Å². The van der Waals surface area contributed by atoms with Crippen molar-refractivity contribution in [2.45, 2.75) is 45.8 Å². The fourth-order valence-electron chi connectivity index (χ4n) is 3.25. The van der Waals surface area contributed by atoms with E-state index in [0.29, 0.717) is 0 Å². The number of Topliss-reactive ketones (excluding diaryl/α,β-unsaturated/α-hetero) is 1. The summed E-state index contributed by atoms with van der Waals surface area (Å²) in [7, 11) is 0. The molecule has 0 amide bonds. The number of nitrogens with one attached hydrogen (secondary N) is 1. The molecule has 138 valence electrons. The van der Waals surface area contributed by atoms with Crippen molar-refractivity contribution in [1.82, 2.24) is 4.90 Å². The van der Waals surface area contributed by atoms with Gasteiger partial charge in [-0.05, 0) is 52.3 Å². The molecule has 1 heterocycles. The van der Waals surface area contributed by atoms with Gasteiger partial charge in [-0.1, -0.05) is 0 Å². The summed E-state index contributed by atoms with van der Waals surface area (Å²) in [6.45, 7) is 9.31. The topological polar surface area (TPSA) is 84.7 Å². The molecule has 0 bridgehead atoms. The number of nitro groups is 1. The van der Waals surface area contributed by atoms with Crippen LogP contribution in [0.25, 0.3) is 0 Å². The zero-order valence-electron chi connectivity index (χ0n) is 15.2. The molecule has 0 spiro atoms. The average Bonchev–Trinajstić information content (AvgIpc) is 2.53. The first kappa shape index (κ1) is 19.3. The number of benzene rings is 1. The molecule has 1 saturated heterocycles. The van der Waals surface area contributed by atoms with Crippen LogP contribution in [0, 0.1) is 10.1 Å². The number of carbonyl (C=O) groups is 1. The molecule has 1 aromatic rings. The van der Waals surface area contributed by atoms with E-state index in [1.165, 1.54) is 13.0 Å². The van der Waals surface area contributed by atoms with Crippen LogP contribution in [0.1, 0.15) is 44.0 Å². The molecule has 2 rings (SSSR count). The zero-order chi connectivity index (χ0) is 18.4. The first-order chi connectivity index (χ1) is 11.9. The molecule has 2 atom stereocenters. The summed E-state index contributed by atoms with van der Waals surface area (Å²) >= 11 is 0. The Labute approximate surface area is 148 Å². The molecular formula is C18H27N3O4. The lowest BCUT2D eigenvalue weighted by molar-refractivity contribution is -0.385. The molecule has 1 aliphatic rings. The molecule has 0 aromatic heterocycles. The molecule has 7 heteroatoms. The standard InChI is InChI=1S/C18H27N3O4/c1-13-11-20(12-14(2)25-13)9-5-4-8-19-16-6-7-18(21(23)24)17(10-16)15(3)22/h6-7,10,13-14,19H,4-5,8-9,11-12H2,1-3H3/t13-,14-/m1/s1. The van der Waals surface area contributed by atoms with Crippen molar-refractivity contribution in [3.8, 4) is 0 Å². The van der Waals surface area contributed by atoms with Gasteiger partial charge in [-0.2, -0.15) is 0 Å². The maximum atomic E-state index is 11.6. The second-order valence-corrected chi connectivity index (χ2v) is 6.70. The number of hydrogen-bond acceptors (Lipinski definition) is 6. The molecule has 1 aliphatic heterocycles. The van der Waals surface area contributed by atoms with Crippen molar-refractivity contribution in [3.63, 3.8) is 0 Å². The maximum Gasteiger partial charge on any atom is 0.280 e. The van der Waals surface area contributed by atoms with Crippen LogP contribution in [-0.4, -0.2) is 54.0 Å². The number of ether oxygens (including phenoxy) is 1. The second kappa shape index (κ2) is 8.92. The number of morpholine rings is 1. The summed E-state index contributed by atoms with van der Waals surface area (Å²) in [4.78, 5) is 24.4. The second-order valence-electron chi connectivity index (χ2n) is 6.70. The number of ketones is 1. The highest BCUT2D eigenvalue weighted by Gasteiger charge is 2.21. The number of nitro benzene ring substituents is 1. The lowest BCUT2D eigenvalue weighted by atomic mass is 10.1. The Morgan fingerprint density at radius 1 is 1.32 bits per heavy atom. The Bertz CT molecular complexity index is 610. The van der Waals surface area contributed by atoms with Gasteiger partial charge >= 0.3 is 0 Å². The monoisotopic (exact) mass is 349 g/mol. The van der Waals surface area contributed by atoms with Gasteiger partial charge in [0, 0.05) is 31.4 Å². The third-order valence-electron chi connectivity index (χ3n) is 4.30. The van der Waals surface area contributed by atoms with Gasteiger partial charge in [-0.3, -0.25) is 19.8 Å². The summed E-state index contributed by atoms with van der Waals surface area (Å²) in [5.74, 6) is -0.300. The van der Waals surface area contributed by atoms with Gasteiger partial charge in [0.25, 0.3) is 5.69 Å². The van der Waals surface area contributed by atoms with Gasteiger partial charge in [0.2, 0.25) is 0 Å². The lowest BCUT2D eigenvalue weighted by Crippen LogP contribution is -2.45. The highest BCUT2D eigenvalue weighted by Crippen LogP contribution is 2.23. The molecule has 0 unspecified atom stereocenters. The Morgan fingerprint density at radius 3 is 2.60 bits per heavy atom. The Balaban J connectivity index is 1.77. The van der Waals surface area contributed by atoms with Crippen LogP contribution >= 0.6 is 0 Å². The van der Waals surface area contributed by atoms with Crippen LogP contribution in [-0.2, 0) is 4.74 Å². The highest BCUT2D eigenvalue weighted by molar-refractivity contribution is 5.99. The van der Waals surface area contributed by atoms with E-state index in [-0.39, 0.29) is 29.2 Å². The van der Waals surface area contributed by atoms with E-state index in [2.05, 4.69) is 24.1 Å². The van der Waals surface area contributed by atoms with E-state index in [1.54, 1.807) is 12.1 Å². The smallest absolute Gasteiger partial charge is 0.280 e. The van der Waals surface area contributed by atoms with Crippen LogP contribution in [0.5, 0.6) is 0 Å². The largest absolute Gasteiger partial charge is 0.385 e. The van der Waals surface area contributed by atoms with E-state index >= 15 is 0 Å². The van der Waals surface area contributed by atoms with Crippen LogP contribution in [0.4, 0.5) is 11.4 Å². The number of anilines is 1. The van der Waals surface area contributed by atoms with E-state index < -0.39 is 4.92 Å². The molecule has 0 aliphatic carbocycles. The number of hydrogen-bond donors (Lipinski definition) is 1. The van der Waals surface area contributed by atoms with Crippen molar-refractivity contribution in [2.24, 2.45) is 0 Å². The minimum Gasteiger partial charge on any atom is -0.385 e. The average molecular weight is 349 g/mol. The Hall–Kier alpha value is -1.99. The quantitative estimate of drug-likeness (QED) is 0.336. The van der Waals surface area contributed by atoms with Gasteiger partial charge in [0.15, 0.2) is 5.78 Å². The van der Waals surface area contributed by atoms with Crippen molar-refractivity contribution in [1.29, 1.82) is 0 Å². The molecule has 0 radical (unpaired) electrons. The fraction of sp³-hybridized carbons (Fsp3) is 0.611. The number of carbonyl (C=O) groups excluding carboxylic acids is 1. The van der Waals surface area contributed by atoms with E-state index in [4.69, 9.17) is 4.74 Å². The summed E-state index contributed by atoms with van der Waals surface area (Å²) in [6.07, 6.45) is 2.63. The van der Waals surface area contributed by atoms with Gasteiger partial charge in [0.1, 0.15) is 0 Å². The summed E-state index contributed by atoms with van der Waals surface area (Å²) in [5, 5.41) is 14.2. The third-order valence-corrected chi connectivity index (χ3v) is 4.30. The number of unbranched alkanes of at least 4 members (excludes halogenated alkanes) is 1. The maximum absolute atomic E-state index is 11.6. The first-order valence-electron chi connectivity index (χ1n) is 8.78. The molecule has 1 N–H and O–H groups in total. The van der Waals surface area contributed by atoms with Crippen LogP contribution < -0.4 is 5.32 Å². The SMILES string of the molecule is CC(=O)c1cc(NCCCCN2C[C@@H](C)O[C@H](C)C2)ccc1[N+](=O)[O-]. The zero-order valence-corrected chi connectivity index (χ0v) is 15.2.